The minimum atomic E-state index is -3.13. The summed E-state index contributed by atoms with van der Waals surface area (Å²) >= 11 is 1.46. The number of likely N-dealkylation sites (tertiary alicyclic amines) is 2. The molecular formula is C45H68N5O7PS. The van der Waals surface area contributed by atoms with Crippen molar-refractivity contribution < 1.29 is 33.0 Å². The Morgan fingerprint density at radius 1 is 0.949 bits per heavy atom. The molecule has 326 valence electrons. The summed E-state index contributed by atoms with van der Waals surface area (Å²) in [6.45, 7) is 13.4. The SMILES string of the molecule is CCC(C)NP(=O)(Cc1ccc2sc(C=O)cc2c1)Oc1ccccc1.CCCCC=O.CCCOC=O.CN1CCCC1.CNC.O=CN1CC(c2cccnc2)C1. The first-order valence-electron chi connectivity index (χ1n) is 20.5. The highest BCUT2D eigenvalue weighted by molar-refractivity contribution is 7.56. The van der Waals surface area contributed by atoms with E-state index in [2.05, 4.69) is 45.1 Å². The molecule has 6 rings (SSSR count). The van der Waals surface area contributed by atoms with Crippen LogP contribution in [0.5, 0.6) is 5.75 Å². The number of nitrogens with zero attached hydrogens (tertiary/aromatic N) is 3. The third kappa shape index (κ3) is 23.2. The number of carbonyl (C=O) groups excluding carboxylic acids is 4. The van der Waals surface area contributed by atoms with Gasteiger partial charge in [-0.1, -0.05) is 57.5 Å². The van der Waals surface area contributed by atoms with E-state index in [0.717, 1.165) is 79.8 Å². The Bertz CT molecular complexity index is 1720. The van der Waals surface area contributed by atoms with Gasteiger partial charge in [-0.2, -0.15) is 0 Å². The summed E-state index contributed by atoms with van der Waals surface area (Å²) in [5.74, 6) is 1.09. The lowest BCUT2D eigenvalue weighted by Crippen LogP contribution is -2.43. The standard InChI is InChI=1S/C20H22NO3PS.C9H10N2O.C5H11N.C5H10O.C4H8O2.C2H7N/c1-3-15(2)21-25(23,24-18-7-5-4-6-8-18)14-16-9-10-20-17(11-16)12-19(13-22)26-20;12-7-11-5-9(6-11)8-2-1-3-10-4-8;1-6-4-2-3-5-6;1-2-3-4-5-6;1-2-3-6-4-5;1-3-2/h4-13,15H,3,14H2,1-2H3,(H,21,23);1-4,7,9H,5-6H2;2-5H2,1H3;5H,2-4H2,1H3;4H,2-3H2,1H3;3H,1-2H3. The lowest BCUT2D eigenvalue weighted by Gasteiger charge is -2.36. The van der Waals surface area contributed by atoms with Crippen LogP contribution in [0.3, 0.4) is 0 Å². The van der Waals surface area contributed by atoms with Crippen molar-refractivity contribution in [3.8, 4) is 5.75 Å². The van der Waals surface area contributed by atoms with Gasteiger partial charge in [-0.3, -0.25) is 23.9 Å². The molecule has 2 atom stereocenters. The van der Waals surface area contributed by atoms with Gasteiger partial charge in [0, 0.05) is 48.6 Å². The van der Waals surface area contributed by atoms with Crippen molar-refractivity contribution in [1.29, 1.82) is 0 Å². The lowest BCUT2D eigenvalue weighted by molar-refractivity contribution is -0.128. The molecule has 0 bridgehead atoms. The van der Waals surface area contributed by atoms with Gasteiger partial charge in [0.05, 0.1) is 17.6 Å². The molecular weight excluding hydrogens is 786 g/mol. The molecule has 0 spiro atoms. The molecule has 2 fully saturated rings. The fourth-order valence-electron chi connectivity index (χ4n) is 5.45. The van der Waals surface area contributed by atoms with Crippen LogP contribution in [0.1, 0.15) is 99.4 Å². The van der Waals surface area contributed by atoms with E-state index < -0.39 is 7.52 Å². The molecule has 2 unspecified atom stereocenters. The molecule has 4 heterocycles. The molecule has 4 aromatic rings. The van der Waals surface area contributed by atoms with Crippen molar-refractivity contribution in [2.75, 3.05) is 53.9 Å². The second-order valence-corrected chi connectivity index (χ2v) is 17.4. The van der Waals surface area contributed by atoms with Gasteiger partial charge in [-0.15, -0.1) is 11.3 Å². The zero-order valence-corrected chi connectivity index (χ0v) is 37.9. The van der Waals surface area contributed by atoms with Gasteiger partial charge in [0.1, 0.15) is 12.0 Å². The summed E-state index contributed by atoms with van der Waals surface area (Å²) in [5, 5.41) is 6.92. The number of benzene rings is 2. The number of nitrogens with one attached hydrogen (secondary N) is 2. The monoisotopic (exact) mass is 853 g/mol. The molecule has 2 saturated heterocycles. The minimum Gasteiger partial charge on any atom is -0.468 e. The third-order valence-corrected chi connectivity index (χ3v) is 11.9. The Morgan fingerprint density at radius 2 is 1.64 bits per heavy atom. The number of amides is 1. The molecule has 2 aromatic carbocycles. The van der Waals surface area contributed by atoms with E-state index in [4.69, 9.17) is 4.52 Å². The van der Waals surface area contributed by atoms with Crippen LogP contribution < -0.4 is 14.9 Å². The number of thiophene rings is 1. The first-order valence-corrected chi connectivity index (χ1v) is 23.1. The lowest BCUT2D eigenvalue weighted by atomic mass is 9.94. The summed E-state index contributed by atoms with van der Waals surface area (Å²) in [6, 6.07) is 21.1. The van der Waals surface area contributed by atoms with E-state index >= 15 is 0 Å². The number of aromatic nitrogens is 1. The fraction of sp³-hybridized carbons (Fsp3) is 0.489. The molecule has 2 aliphatic heterocycles. The fourth-order valence-corrected chi connectivity index (χ4v) is 8.51. The van der Waals surface area contributed by atoms with E-state index in [1.54, 1.807) is 11.1 Å². The zero-order valence-electron chi connectivity index (χ0n) is 36.2. The van der Waals surface area contributed by atoms with Crippen molar-refractivity contribution in [1.82, 2.24) is 25.2 Å². The van der Waals surface area contributed by atoms with Crippen molar-refractivity contribution in [2.45, 2.75) is 90.8 Å². The number of para-hydroxylation sites is 1. The number of rotatable bonds is 16. The predicted molar refractivity (Wildman–Crippen MR) is 243 cm³/mol. The molecule has 2 aliphatic rings. The highest BCUT2D eigenvalue weighted by Crippen LogP contribution is 2.47. The largest absolute Gasteiger partial charge is 0.468 e. The smallest absolute Gasteiger partial charge is 0.321 e. The maximum absolute atomic E-state index is 13.5. The second kappa shape index (κ2) is 32.6. The summed E-state index contributed by atoms with van der Waals surface area (Å²) in [7, 11) is 2.79. The number of carbonyl (C=O) groups is 4. The average Bonchev–Trinajstić information content (AvgIpc) is 3.89. The van der Waals surface area contributed by atoms with Crippen LogP contribution >= 0.6 is 18.9 Å². The zero-order chi connectivity index (χ0) is 43.7. The van der Waals surface area contributed by atoms with Crippen LogP contribution in [0.25, 0.3) is 10.1 Å². The summed E-state index contributed by atoms with van der Waals surface area (Å²) in [6.07, 6.45) is 14.1. The first-order chi connectivity index (χ1) is 28.5. The number of hydrogen-bond acceptors (Lipinski definition) is 11. The Labute approximate surface area is 357 Å². The van der Waals surface area contributed by atoms with Gasteiger partial charge in [0.15, 0.2) is 6.29 Å². The maximum Gasteiger partial charge on any atom is 0.321 e. The van der Waals surface area contributed by atoms with Gasteiger partial charge in [-0.05, 0) is 126 Å². The Kier molecular flexibility index (Phi) is 29.1. The maximum atomic E-state index is 13.5. The predicted octanol–water partition coefficient (Wildman–Crippen LogP) is 9.00. The molecule has 12 nitrogen and oxygen atoms in total. The quantitative estimate of drug-likeness (QED) is 0.0633. The van der Waals surface area contributed by atoms with Crippen molar-refractivity contribution >= 4 is 54.4 Å². The Hall–Kier alpha value is -4.26. The van der Waals surface area contributed by atoms with Crippen LogP contribution in [-0.2, 0) is 29.8 Å². The van der Waals surface area contributed by atoms with Gasteiger partial charge in [0.2, 0.25) is 6.41 Å². The molecule has 0 radical (unpaired) electrons. The van der Waals surface area contributed by atoms with Crippen molar-refractivity contribution in [3.63, 3.8) is 0 Å². The van der Waals surface area contributed by atoms with Crippen LogP contribution in [-0.4, -0.2) is 100 Å². The van der Waals surface area contributed by atoms with E-state index in [1.165, 1.54) is 42.8 Å². The van der Waals surface area contributed by atoms with Crippen molar-refractivity contribution in [3.05, 3.63) is 95.1 Å². The van der Waals surface area contributed by atoms with Gasteiger partial charge < -0.3 is 29.2 Å². The van der Waals surface area contributed by atoms with Crippen LogP contribution in [0.15, 0.2) is 79.1 Å². The summed E-state index contributed by atoms with van der Waals surface area (Å²) < 4.78 is 24.8. The topological polar surface area (TPSA) is 147 Å². The van der Waals surface area contributed by atoms with Crippen LogP contribution in [0, 0.1) is 0 Å². The highest BCUT2D eigenvalue weighted by atomic mass is 32.1. The van der Waals surface area contributed by atoms with E-state index in [-0.39, 0.29) is 12.2 Å². The van der Waals surface area contributed by atoms with Gasteiger partial charge in [-0.25, -0.2) is 5.09 Å². The molecule has 0 saturated carbocycles. The van der Waals surface area contributed by atoms with Crippen LogP contribution in [0.2, 0.25) is 0 Å². The van der Waals surface area contributed by atoms with E-state index in [0.29, 0.717) is 29.6 Å². The molecule has 59 heavy (non-hydrogen) atoms. The summed E-state index contributed by atoms with van der Waals surface area (Å²) in [5.41, 5.74) is 2.15. The minimum absolute atomic E-state index is 0.0797. The van der Waals surface area contributed by atoms with E-state index in [9.17, 15) is 23.7 Å². The molecule has 0 aliphatic carbocycles. The van der Waals surface area contributed by atoms with Crippen LogP contribution in [0.4, 0.5) is 0 Å². The molecule has 14 heteroatoms. The number of unbranched alkanes of at least 4 members (excludes halogenated alkanes) is 2. The first kappa shape index (κ1) is 52.8. The second-order valence-electron chi connectivity index (χ2n) is 14.1. The van der Waals surface area contributed by atoms with E-state index in [1.807, 2.05) is 102 Å². The third-order valence-electron chi connectivity index (χ3n) is 8.74. The highest BCUT2D eigenvalue weighted by Gasteiger charge is 2.28. The Balaban J connectivity index is 0.000000431. The number of hydrogen-bond donors (Lipinski definition) is 2. The molecule has 2 N–H and O–H groups in total. The summed E-state index contributed by atoms with van der Waals surface area (Å²) in [4.78, 5) is 49.0. The number of aldehydes is 2. The van der Waals surface area contributed by atoms with Crippen molar-refractivity contribution in [2.24, 2.45) is 0 Å². The molecule has 2 aromatic heterocycles. The van der Waals surface area contributed by atoms with Gasteiger partial charge in [0.25, 0.3) is 6.47 Å². The number of fused-ring (bicyclic) bond motifs is 1. The Morgan fingerprint density at radius 3 is 2.12 bits per heavy atom. The molecule has 1 amide bonds. The number of ether oxygens (including phenoxy) is 1. The normalized spacial score (nSPS) is 14.5. The van der Waals surface area contributed by atoms with Gasteiger partial charge >= 0.3 is 7.52 Å². The number of pyridine rings is 1. The average molecular weight is 854 g/mol.